The van der Waals surface area contributed by atoms with Gasteiger partial charge in [0.05, 0.1) is 17.7 Å². The van der Waals surface area contributed by atoms with Gasteiger partial charge in [-0.3, -0.25) is 4.79 Å². The van der Waals surface area contributed by atoms with E-state index < -0.39 is 5.97 Å². The van der Waals surface area contributed by atoms with Gasteiger partial charge in [-0.2, -0.15) is 0 Å². The standard InChI is InChI=1S/C8H9NO3/c1-4-2-6(8(11)12)9-5(4)3-7(9)10/h2,4-5H,3H2,1H3,(H,11,12)/p-1. The van der Waals surface area contributed by atoms with Crippen molar-refractivity contribution in [2.75, 3.05) is 0 Å². The maximum atomic E-state index is 11.0. The van der Waals surface area contributed by atoms with Crippen molar-refractivity contribution in [1.82, 2.24) is 4.90 Å². The lowest BCUT2D eigenvalue weighted by Crippen LogP contribution is -2.53. The maximum Gasteiger partial charge on any atom is 0.229 e. The number of nitrogens with zero attached hydrogens (tertiary/aromatic N) is 1. The minimum absolute atomic E-state index is 0.0451. The van der Waals surface area contributed by atoms with E-state index >= 15 is 0 Å². The predicted molar refractivity (Wildman–Crippen MR) is 37.5 cm³/mol. The third-order valence-electron chi connectivity index (χ3n) is 2.48. The normalized spacial score (nSPS) is 32.6. The summed E-state index contributed by atoms with van der Waals surface area (Å²) in [5.41, 5.74) is 0.0451. The Hall–Kier alpha value is -1.32. The van der Waals surface area contributed by atoms with Crippen LogP contribution in [0.4, 0.5) is 0 Å². The van der Waals surface area contributed by atoms with E-state index in [1.807, 2.05) is 6.92 Å². The van der Waals surface area contributed by atoms with Crippen LogP contribution >= 0.6 is 0 Å². The summed E-state index contributed by atoms with van der Waals surface area (Å²) in [5.74, 6) is -1.21. The van der Waals surface area contributed by atoms with Crippen LogP contribution in [0.2, 0.25) is 0 Å². The number of hydrogen-bond acceptors (Lipinski definition) is 3. The molecule has 12 heavy (non-hydrogen) atoms. The first-order chi connectivity index (χ1) is 5.61. The van der Waals surface area contributed by atoms with Gasteiger partial charge in [0.25, 0.3) is 0 Å². The van der Waals surface area contributed by atoms with Crippen LogP contribution in [-0.2, 0) is 9.59 Å². The van der Waals surface area contributed by atoms with E-state index in [2.05, 4.69) is 0 Å². The summed E-state index contributed by atoms with van der Waals surface area (Å²) in [6, 6.07) is 0.0744. The summed E-state index contributed by atoms with van der Waals surface area (Å²) < 4.78 is 0. The van der Waals surface area contributed by atoms with Gasteiger partial charge in [-0.15, -0.1) is 0 Å². The van der Waals surface area contributed by atoms with Gasteiger partial charge in [0.2, 0.25) is 5.91 Å². The Morgan fingerprint density at radius 2 is 2.42 bits per heavy atom. The fraction of sp³-hybridized carbons (Fsp3) is 0.500. The number of carbonyl (C=O) groups excluding carboxylic acids is 2. The molecule has 1 saturated heterocycles. The van der Waals surface area contributed by atoms with E-state index in [0.29, 0.717) is 6.42 Å². The molecule has 2 rings (SSSR count). The number of carbonyl (C=O) groups is 2. The Labute approximate surface area is 69.5 Å². The molecule has 64 valence electrons. The molecule has 2 heterocycles. The monoisotopic (exact) mass is 166 g/mol. The number of carboxylic acids is 1. The van der Waals surface area contributed by atoms with Crippen LogP contribution in [0, 0.1) is 5.92 Å². The number of aliphatic carboxylic acids is 1. The first-order valence-electron chi connectivity index (χ1n) is 3.86. The molecule has 2 unspecified atom stereocenters. The van der Waals surface area contributed by atoms with Crippen LogP contribution in [-0.4, -0.2) is 22.8 Å². The molecule has 0 aromatic carbocycles. The molecule has 0 N–H and O–H groups in total. The molecule has 0 spiro atoms. The topological polar surface area (TPSA) is 60.4 Å². The van der Waals surface area contributed by atoms with Crippen LogP contribution in [0.1, 0.15) is 13.3 Å². The van der Waals surface area contributed by atoms with Crippen molar-refractivity contribution in [3.8, 4) is 0 Å². The summed E-state index contributed by atoms with van der Waals surface area (Å²) >= 11 is 0. The Morgan fingerprint density at radius 1 is 1.75 bits per heavy atom. The average molecular weight is 166 g/mol. The van der Waals surface area contributed by atoms with Gasteiger partial charge in [0.1, 0.15) is 0 Å². The lowest BCUT2D eigenvalue weighted by Gasteiger charge is -2.38. The zero-order chi connectivity index (χ0) is 8.88. The van der Waals surface area contributed by atoms with Gasteiger partial charge >= 0.3 is 0 Å². The molecular weight excluding hydrogens is 158 g/mol. The molecule has 4 nitrogen and oxygen atoms in total. The molecule has 2 aliphatic rings. The predicted octanol–water partition coefficient (Wildman–Crippen LogP) is -1.13. The largest absolute Gasteiger partial charge is 0.543 e. The van der Waals surface area contributed by atoms with Gasteiger partial charge in [0.15, 0.2) is 0 Å². The zero-order valence-corrected chi connectivity index (χ0v) is 6.61. The Kier molecular flexibility index (Phi) is 1.28. The van der Waals surface area contributed by atoms with Gasteiger partial charge in [-0.1, -0.05) is 13.0 Å². The van der Waals surface area contributed by atoms with E-state index in [1.165, 1.54) is 4.90 Å². The maximum absolute atomic E-state index is 11.0. The molecular formula is C8H8NO3-. The fourth-order valence-electron chi connectivity index (χ4n) is 1.78. The van der Waals surface area contributed by atoms with Crippen molar-refractivity contribution in [3.05, 3.63) is 11.8 Å². The highest BCUT2D eigenvalue weighted by Crippen LogP contribution is 2.36. The van der Waals surface area contributed by atoms with Gasteiger partial charge < -0.3 is 14.8 Å². The van der Waals surface area contributed by atoms with Gasteiger partial charge in [0, 0.05) is 6.42 Å². The van der Waals surface area contributed by atoms with Crippen molar-refractivity contribution < 1.29 is 14.7 Å². The van der Waals surface area contributed by atoms with Crippen molar-refractivity contribution in [2.45, 2.75) is 19.4 Å². The molecule has 0 aliphatic carbocycles. The second kappa shape index (κ2) is 2.09. The SMILES string of the molecule is CC1C=C(C(=O)[O-])N2C(=O)CC12. The zero-order valence-electron chi connectivity index (χ0n) is 6.61. The molecule has 0 aromatic rings. The lowest BCUT2D eigenvalue weighted by molar-refractivity contribution is -0.301. The minimum atomic E-state index is -1.25. The highest BCUT2D eigenvalue weighted by Gasteiger charge is 2.45. The number of hydrogen-bond donors (Lipinski definition) is 0. The molecule has 1 fully saturated rings. The molecule has 0 aromatic heterocycles. The third-order valence-corrected chi connectivity index (χ3v) is 2.48. The van der Waals surface area contributed by atoms with Crippen molar-refractivity contribution in [2.24, 2.45) is 5.92 Å². The van der Waals surface area contributed by atoms with Crippen molar-refractivity contribution >= 4 is 11.9 Å². The Morgan fingerprint density at radius 3 is 2.83 bits per heavy atom. The highest BCUT2D eigenvalue weighted by atomic mass is 16.4. The van der Waals surface area contributed by atoms with E-state index in [-0.39, 0.29) is 23.6 Å². The van der Waals surface area contributed by atoms with Crippen LogP contribution in [0.3, 0.4) is 0 Å². The first-order valence-corrected chi connectivity index (χ1v) is 3.86. The summed E-state index contributed by atoms with van der Waals surface area (Å²) in [6.45, 7) is 1.90. The van der Waals surface area contributed by atoms with Gasteiger partial charge in [-0.25, -0.2) is 0 Å². The minimum Gasteiger partial charge on any atom is -0.543 e. The summed E-state index contributed by atoms with van der Waals surface area (Å²) in [5, 5.41) is 10.5. The van der Waals surface area contributed by atoms with E-state index in [1.54, 1.807) is 6.08 Å². The number of fused-ring (bicyclic) bond motifs is 1. The molecule has 0 radical (unpaired) electrons. The summed E-state index contributed by atoms with van der Waals surface area (Å²) in [6.07, 6.45) is 2.05. The number of amides is 1. The summed E-state index contributed by atoms with van der Waals surface area (Å²) in [7, 11) is 0. The smallest absolute Gasteiger partial charge is 0.229 e. The van der Waals surface area contributed by atoms with Gasteiger partial charge in [-0.05, 0) is 5.92 Å². The quantitative estimate of drug-likeness (QED) is 0.463. The fourth-order valence-corrected chi connectivity index (χ4v) is 1.78. The highest BCUT2D eigenvalue weighted by molar-refractivity contribution is 5.96. The van der Waals surface area contributed by atoms with E-state index in [0.717, 1.165) is 0 Å². The Balaban J connectivity index is 2.29. The molecule has 0 bridgehead atoms. The van der Waals surface area contributed by atoms with Crippen molar-refractivity contribution in [3.63, 3.8) is 0 Å². The molecule has 2 atom stereocenters. The van der Waals surface area contributed by atoms with Crippen molar-refractivity contribution in [1.29, 1.82) is 0 Å². The number of carboxylic acid groups (broad SMARTS) is 1. The molecule has 0 saturated carbocycles. The molecule has 4 heteroatoms. The second-order valence-electron chi connectivity index (χ2n) is 3.23. The summed E-state index contributed by atoms with van der Waals surface area (Å²) in [4.78, 5) is 22.8. The van der Waals surface area contributed by atoms with Crippen LogP contribution < -0.4 is 5.11 Å². The average Bonchev–Trinajstić information content (AvgIpc) is 2.22. The number of β-lactam (4-membered cyclic amide) rings is 1. The number of rotatable bonds is 1. The third kappa shape index (κ3) is 0.719. The molecule has 1 amide bonds. The first kappa shape index (κ1) is 7.34. The van der Waals surface area contributed by atoms with E-state index in [9.17, 15) is 14.7 Å². The van der Waals surface area contributed by atoms with Crippen LogP contribution in [0.5, 0.6) is 0 Å². The van der Waals surface area contributed by atoms with Crippen LogP contribution in [0.15, 0.2) is 11.8 Å². The second-order valence-corrected chi connectivity index (χ2v) is 3.23. The molecule has 2 aliphatic heterocycles. The van der Waals surface area contributed by atoms with E-state index in [4.69, 9.17) is 0 Å². The van der Waals surface area contributed by atoms with Crippen LogP contribution in [0.25, 0.3) is 0 Å². The lowest BCUT2D eigenvalue weighted by atomic mass is 9.94. The Bertz CT molecular complexity index is 295.